The maximum atomic E-state index is 12.9. The highest BCUT2D eigenvalue weighted by Crippen LogP contribution is 2.15. The third-order valence-corrected chi connectivity index (χ3v) is 13.3. The van der Waals surface area contributed by atoms with E-state index in [9.17, 15) is 19.5 Å². The predicted molar refractivity (Wildman–Crippen MR) is 354 cm³/mol. The Bertz CT molecular complexity index is 1920. The summed E-state index contributed by atoms with van der Waals surface area (Å²) in [4.78, 5) is 37.5. The van der Waals surface area contributed by atoms with Gasteiger partial charge in [-0.2, -0.15) is 0 Å². The minimum absolute atomic E-state index is 0.177. The number of quaternary nitrogens is 1. The number of hydrogen-bond donors (Lipinski definition) is 1. The van der Waals surface area contributed by atoms with Crippen LogP contribution >= 0.6 is 0 Å². The molecule has 0 saturated carbocycles. The fraction of sp³-hybridized carbons (Fsp3) is 0.608. The van der Waals surface area contributed by atoms with Crippen LogP contribution in [-0.4, -0.2) is 87.4 Å². The van der Waals surface area contributed by atoms with Crippen LogP contribution in [0, 0.1) is 0 Å². The van der Waals surface area contributed by atoms with Crippen LogP contribution in [0.15, 0.2) is 158 Å². The van der Waals surface area contributed by atoms with E-state index in [2.05, 4.69) is 172 Å². The molecule has 0 fully saturated rings. The van der Waals surface area contributed by atoms with Crippen LogP contribution in [0.5, 0.6) is 0 Å². The molecule has 0 aromatic carbocycles. The van der Waals surface area contributed by atoms with Crippen molar-refractivity contribution >= 4 is 17.9 Å². The first-order valence-electron chi connectivity index (χ1n) is 32.6. The largest absolute Gasteiger partial charge is 0.477 e. The van der Waals surface area contributed by atoms with Crippen molar-refractivity contribution in [3.05, 3.63) is 158 Å². The number of rotatable bonds is 58. The predicted octanol–water partition coefficient (Wildman–Crippen LogP) is 20.1. The highest BCUT2D eigenvalue weighted by atomic mass is 16.7. The normalized spacial score (nSPS) is 13.8. The molecule has 83 heavy (non-hydrogen) atoms. The maximum absolute atomic E-state index is 12.9. The zero-order valence-electron chi connectivity index (χ0n) is 53.3. The molecule has 0 bridgehead atoms. The van der Waals surface area contributed by atoms with Crippen LogP contribution in [0.3, 0.4) is 0 Å². The summed E-state index contributed by atoms with van der Waals surface area (Å²) in [6.45, 7) is 4.61. The van der Waals surface area contributed by atoms with Crippen molar-refractivity contribution < 1.29 is 42.9 Å². The highest BCUT2D eigenvalue weighted by molar-refractivity contribution is 5.71. The third-order valence-electron chi connectivity index (χ3n) is 13.3. The van der Waals surface area contributed by atoms with E-state index < -0.39 is 24.3 Å². The minimum Gasteiger partial charge on any atom is -0.477 e. The summed E-state index contributed by atoms with van der Waals surface area (Å²) >= 11 is 0. The number of aliphatic carboxylic acids is 1. The molecule has 0 aliphatic carbocycles. The molecule has 0 aromatic heterocycles. The number of unbranched alkanes of at least 4 members (excludes halogenated alkanes) is 17. The summed E-state index contributed by atoms with van der Waals surface area (Å²) in [6.07, 6.45) is 90.5. The van der Waals surface area contributed by atoms with E-state index in [1.807, 2.05) is 21.1 Å². The number of carbonyl (C=O) groups excluding carboxylic acids is 2. The number of nitrogens with zero attached hydrogens (tertiary/aromatic N) is 1. The molecule has 9 heteroatoms. The maximum Gasteiger partial charge on any atom is 0.361 e. The number of likely N-dealkylation sites (N-methyl/N-ethyl adjacent to an activating group) is 1. The van der Waals surface area contributed by atoms with Crippen LogP contribution in [-0.2, 0) is 33.3 Å². The molecule has 0 amide bonds. The summed E-state index contributed by atoms with van der Waals surface area (Å²) in [5, 5.41) is 9.72. The SMILES string of the molecule is CC/C=C\C/C=C\C/C=C\C/C=C\C/C=C\C/C=C\C/C=C\C/C=C\C/C=C\CCCCCCCCCCCCCC(=O)OC(COC(=O)CCCCCCCC/C=C\C/C=C\C/C=C\C/C=C\CC)COC(OCC[N+](C)(C)C)C(=O)O. The van der Waals surface area contributed by atoms with Crippen LogP contribution < -0.4 is 0 Å². The average molecular weight is 1150 g/mol. The fourth-order valence-corrected chi connectivity index (χ4v) is 8.35. The second kappa shape index (κ2) is 62.9. The second-order valence-corrected chi connectivity index (χ2v) is 22.3. The molecule has 0 radical (unpaired) electrons. The van der Waals surface area contributed by atoms with E-state index >= 15 is 0 Å². The average Bonchev–Trinajstić information content (AvgIpc) is 3.46. The molecule has 0 spiro atoms. The van der Waals surface area contributed by atoms with E-state index in [1.54, 1.807) is 0 Å². The van der Waals surface area contributed by atoms with Gasteiger partial charge < -0.3 is 28.5 Å². The first-order valence-corrected chi connectivity index (χ1v) is 32.6. The Labute approximate surface area is 508 Å². The van der Waals surface area contributed by atoms with Gasteiger partial charge in [0.15, 0.2) is 6.10 Å². The Morgan fingerprint density at radius 3 is 0.964 bits per heavy atom. The lowest BCUT2D eigenvalue weighted by Gasteiger charge is -2.25. The number of ether oxygens (including phenoxy) is 4. The molecular formula is C74H120NO8+. The van der Waals surface area contributed by atoms with Crippen LogP contribution in [0.1, 0.15) is 232 Å². The number of allylic oxidation sites excluding steroid dienone is 26. The summed E-state index contributed by atoms with van der Waals surface area (Å²) in [5.41, 5.74) is 0. The van der Waals surface area contributed by atoms with Gasteiger partial charge in [-0.3, -0.25) is 9.59 Å². The van der Waals surface area contributed by atoms with Gasteiger partial charge in [-0.15, -0.1) is 0 Å². The van der Waals surface area contributed by atoms with Gasteiger partial charge in [0.1, 0.15) is 13.2 Å². The minimum atomic E-state index is -1.52. The summed E-state index contributed by atoms with van der Waals surface area (Å²) in [5.74, 6) is -2.04. The van der Waals surface area contributed by atoms with Crippen molar-refractivity contribution in [1.29, 1.82) is 0 Å². The second-order valence-electron chi connectivity index (χ2n) is 22.3. The molecule has 0 aromatic rings. The third kappa shape index (κ3) is 64.3. The lowest BCUT2D eigenvalue weighted by atomic mass is 10.0. The zero-order chi connectivity index (χ0) is 60.5. The van der Waals surface area contributed by atoms with Gasteiger partial charge in [0.2, 0.25) is 0 Å². The van der Waals surface area contributed by atoms with Gasteiger partial charge >= 0.3 is 17.9 Å². The van der Waals surface area contributed by atoms with Gasteiger partial charge in [-0.25, -0.2) is 4.79 Å². The van der Waals surface area contributed by atoms with E-state index in [0.717, 1.165) is 154 Å². The molecule has 0 saturated heterocycles. The fourth-order valence-electron chi connectivity index (χ4n) is 8.35. The smallest absolute Gasteiger partial charge is 0.361 e. The Morgan fingerprint density at radius 2 is 0.651 bits per heavy atom. The molecule has 0 rings (SSSR count). The van der Waals surface area contributed by atoms with Gasteiger partial charge in [-0.05, 0) is 122 Å². The Hall–Kier alpha value is -5.09. The molecule has 1 N–H and O–H groups in total. The zero-order valence-corrected chi connectivity index (χ0v) is 53.3. The molecular weight excluding hydrogens is 1030 g/mol. The molecule has 0 aliphatic heterocycles. The van der Waals surface area contributed by atoms with Crippen molar-refractivity contribution in [3.8, 4) is 0 Å². The van der Waals surface area contributed by atoms with Crippen molar-refractivity contribution in [2.75, 3.05) is 47.5 Å². The molecule has 0 aliphatic rings. The van der Waals surface area contributed by atoms with Gasteiger partial charge in [0, 0.05) is 12.8 Å². The topological polar surface area (TPSA) is 108 Å². The number of carbonyl (C=O) groups is 3. The number of carboxylic acids is 1. The summed E-state index contributed by atoms with van der Waals surface area (Å²) in [7, 11) is 5.96. The molecule has 2 unspecified atom stereocenters. The molecule has 9 nitrogen and oxygen atoms in total. The van der Waals surface area contributed by atoms with Crippen molar-refractivity contribution in [2.45, 2.75) is 245 Å². The van der Waals surface area contributed by atoms with E-state index in [-0.39, 0.29) is 38.6 Å². The molecule has 2 atom stereocenters. The van der Waals surface area contributed by atoms with Gasteiger partial charge in [0.05, 0.1) is 34.4 Å². The van der Waals surface area contributed by atoms with Gasteiger partial charge in [-0.1, -0.05) is 255 Å². The first-order chi connectivity index (χ1) is 40.6. The standard InChI is InChI=1S/C74H119NO8/c1-6-8-10-12-14-16-18-20-22-24-26-27-28-29-30-31-32-33-34-35-36-37-38-39-40-41-42-43-44-45-47-49-51-53-55-57-59-61-63-65-72(77)83-70(69-82-74(73(78)79)80-67-66-75(3,4)5)68-81-71(76)64-62-60-58-56-54-52-50-48-46-25-23-21-19-17-15-13-11-9-7-2/h8-11,14-17,20-23,26-27,29-30,32-33,35-36,38-39,41-42,46,48,70,74H,6-7,12-13,18-19,24-25,28,31,34,37,40,43-45,47,49-69H2,1-5H3/p+1/b10-8-,11-9-,16-14-,17-15-,22-20-,23-21-,27-26-,30-29-,33-32-,36-35-,39-38-,42-41-,48-46-. The Balaban J connectivity index is 4.18. The van der Waals surface area contributed by atoms with Crippen LogP contribution in [0.4, 0.5) is 0 Å². The van der Waals surface area contributed by atoms with Crippen LogP contribution in [0.2, 0.25) is 0 Å². The lowest BCUT2D eigenvalue weighted by Crippen LogP contribution is -2.40. The van der Waals surface area contributed by atoms with Crippen molar-refractivity contribution in [1.82, 2.24) is 0 Å². The van der Waals surface area contributed by atoms with E-state index in [0.29, 0.717) is 17.4 Å². The molecule has 0 heterocycles. The summed E-state index contributed by atoms with van der Waals surface area (Å²) in [6, 6.07) is 0. The first kappa shape index (κ1) is 77.9. The number of esters is 2. The van der Waals surface area contributed by atoms with Crippen molar-refractivity contribution in [2.24, 2.45) is 0 Å². The number of carboxylic acid groups (broad SMARTS) is 1. The van der Waals surface area contributed by atoms with Crippen LogP contribution in [0.25, 0.3) is 0 Å². The van der Waals surface area contributed by atoms with E-state index in [4.69, 9.17) is 18.9 Å². The number of hydrogen-bond acceptors (Lipinski definition) is 7. The lowest BCUT2D eigenvalue weighted by molar-refractivity contribution is -0.870. The summed E-state index contributed by atoms with van der Waals surface area (Å²) < 4.78 is 22.9. The Kier molecular flexibility index (Phi) is 59.1. The monoisotopic (exact) mass is 1150 g/mol. The highest BCUT2D eigenvalue weighted by Gasteiger charge is 2.25. The quantitative estimate of drug-likeness (QED) is 0.0211. The Morgan fingerprint density at radius 1 is 0.361 bits per heavy atom. The van der Waals surface area contributed by atoms with Gasteiger partial charge in [0.25, 0.3) is 6.29 Å². The van der Waals surface area contributed by atoms with Crippen molar-refractivity contribution in [3.63, 3.8) is 0 Å². The van der Waals surface area contributed by atoms with E-state index in [1.165, 1.54) is 44.9 Å². The molecule has 468 valence electrons.